The van der Waals surface area contributed by atoms with E-state index in [-0.39, 0.29) is 0 Å². The summed E-state index contributed by atoms with van der Waals surface area (Å²) >= 11 is 0. The molecule has 0 unspecified atom stereocenters. The minimum Gasteiger partial charge on any atom is -0.497 e. The molecule has 0 saturated carbocycles. The molecule has 6 nitrogen and oxygen atoms in total. The van der Waals surface area contributed by atoms with Gasteiger partial charge in [-0.3, -0.25) is 0 Å². The van der Waals surface area contributed by atoms with Crippen LogP contribution in [0.4, 0.5) is 5.82 Å². The number of anilines is 1. The predicted molar refractivity (Wildman–Crippen MR) is 109 cm³/mol. The molecule has 0 amide bonds. The number of aliphatic hydroxyl groups is 1. The third kappa shape index (κ3) is 3.36. The zero-order valence-corrected chi connectivity index (χ0v) is 16.5. The maximum Gasteiger partial charge on any atom is 0.139 e. The molecule has 1 fully saturated rings. The van der Waals surface area contributed by atoms with Gasteiger partial charge in [0.15, 0.2) is 0 Å². The van der Waals surface area contributed by atoms with E-state index in [4.69, 9.17) is 9.47 Å². The van der Waals surface area contributed by atoms with Crippen LogP contribution in [0.5, 0.6) is 11.5 Å². The fourth-order valence-corrected chi connectivity index (χ4v) is 3.86. The molecule has 2 aromatic carbocycles. The van der Waals surface area contributed by atoms with E-state index >= 15 is 0 Å². The number of fused-ring (bicyclic) bond motifs is 1. The van der Waals surface area contributed by atoms with Crippen LogP contribution in [0.15, 0.2) is 42.7 Å². The van der Waals surface area contributed by atoms with Gasteiger partial charge in [-0.2, -0.15) is 0 Å². The topological polar surface area (TPSA) is 67.7 Å². The van der Waals surface area contributed by atoms with Crippen LogP contribution in [0.2, 0.25) is 0 Å². The number of piperidine rings is 1. The fraction of sp³-hybridized carbons (Fsp3) is 0.364. The van der Waals surface area contributed by atoms with Gasteiger partial charge in [-0.25, -0.2) is 9.97 Å². The largest absolute Gasteiger partial charge is 0.497 e. The first kappa shape index (κ1) is 18.5. The maximum atomic E-state index is 11.3. The Morgan fingerprint density at radius 1 is 0.964 bits per heavy atom. The summed E-state index contributed by atoms with van der Waals surface area (Å²) in [6.45, 7) is 3.48. The van der Waals surface area contributed by atoms with Crippen LogP contribution < -0.4 is 14.4 Å². The van der Waals surface area contributed by atoms with Crippen LogP contribution in [-0.4, -0.2) is 42.4 Å². The smallest absolute Gasteiger partial charge is 0.139 e. The Balaban J connectivity index is 1.61. The summed E-state index contributed by atoms with van der Waals surface area (Å²) in [5.41, 5.74) is 2.03. The van der Waals surface area contributed by atoms with Crippen molar-refractivity contribution >= 4 is 16.7 Å². The van der Waals surface area contributed by atoms with Crippen molar-refractivity contribution in [3.8, 4) is 11.5 Å². The number of hydrogen-bond donors (Lipinski definition) is 1. The maximum absolute atomic E-state index is 11.3. The standard InChI is InChI=1S/C22H25N3O3/c1-15-4-5-20-19(10-15)21(24-14-23-20)25-8-6-22(26,7-9-25)16-11-17(27-2)13-18(12-16)28-3/h4-5,10-14,26H,6-9H2,1-3H3. The number of aromatic nitrogens is 2. The van der Waals surface area contributed by atoms with Gasteiger partial charge in [0, 0.05) is 24.5 Å². The number of rotatable bonds is 4. The van der Waals surface area contributed by atoms with Crippen molar-refractivity contribution in [1.82, 2.24) is 9.97 Å². The van der Waals surface area contributed by atoms with E-state index in [1.54, 1.807) is 20.5 Å². The third-order valence-corrected chi connectivity index (χ3v) is 5.55. The lowest BCUT2D eigenvalue weighted by molar-refractivity contribution is 0.0113. The molecule has 0 bridgehead atoms. The SMILES string of the molecule is COc1cc(OC)cc(C2(O)CCN(c3ncnc4ccc(C)cc34)CC2)c1. The lowest BCUT2D eigenvalue weighted by Crippen LogP contribution is -2.43. The van der Waals surface area contributed by atoms with Crippen LogP contribution in [0.25, 0.3) is 10.9 Å². The number of ether oxygens (including phenoxy) is 2. The highest BCUT2D eigenvalue weighted by molar-refractivity contribution is 5.89. The van der Waals surface area contributed by atoms with Crippen LogP contribution in [0.3, 0.4) is 0 Å². The number of nitrogens with zero attached hydrogens (tertiary/aromatic N) is 3. The average Bonchev–Trinajstić information content (AvgIpc) is 2.73. The molecular weight excluding hydrogens is 354 g/mol. The molecular formula is C22H25N3O3. The van der Waals surface area contributed by atoms with Crippen LogP contribution in [0.1, 0.15) is 24.0 Å². The van der Waals surface area contributed by atoms with Gasteiger partial charge >= 0.3 is 0 Å². The summed E-state index contributed by atoms with van der Waals surface area (Å²) in [6, 6.07) is 11.8. The van der Waals surface area contributed by atoms with Crippen molar-refractivity contribution in [3.05, 3.63) is 53.9 Å². The molecule has 1 aliphatic heterocycles. The second-order valence-electron chi connectivity index (χ2n) is 7.34. The van der Waals surface area contributed by atoms with Crippen molar-refractivity contribution < 1.29 is 14.6 Å². The molecule has 6 heteroatoms. The molecule has 2 heterocycles. The van der Waals surface area contributed by atoms with Crippen molar-refractivity contribution in [2.24, 2.45) is 0 Å². The minimum atomic E-state index is -0.920. The van der Waals surface area contributed by atoms with Crippen molar-refractivity contribution in [3.63, 3.8) is 0 Å². The van der Waals surface area contributed by atoms with Gasteiger partial charge in [-0.15, -0.1) is 0 Å². The molecule has 4 rings (SSSR count). The Hall–Kier alpha value is -2.86. The van der Waals surface area contributed by atoms with Crippen molar-refractivity contribution in [2.45, 2.75) is 25.4 Å². The summed E-state index contributed by atoms with van der Waals surface area (Å²) in [6.07, 6.45) is 2.81. The molecule has 1 N–H and O–H groups in total. The highest BCUT2D eigenvalue weighted by atomic mass is 16.5. The summed E-state index contributed by atoms with van der Waals surface area (Å²) in [5.74, 6) is 2.30. The molecule has 0 radical (unpaired) electrons. The Labute approximate surface area is 164 Å². The average molecular weight is 379 g/mol. The summed E-state index contributed by atoms with van der Waals surface area (Å²) < 4.78 is 10.7. The minimum absolute atomic E-state index is 0.598. The lowest BCUT2D eigenvalue weighted by atomic mass is 9.84. The van der Waals surface area contributed by atoms with E-state index in [1.165, 1.54) is 5.56 Å². The second kappa shape index (κ2) is 7.28. The van der Waals surface area contributed by atoms with Gasteiger partial charge < -0.3 is 19.5 Å². The number of methoxy groups -OCH3 is 2. The molecule has 28 heavy (non-hydrogen) atoms. The van der Waals surface area contributed by atoms with Crippen LogP contribution >= 0.6 is 0 Å². The zero-order valence-electron chi connectivity index (χ0n) is 16.5. The van der Waals surface area contributed by atoms with Crippen LogP contribution in [0, 0.1) is 6.92 Å². The van der Waals surface area contributed by atoms with E-state index in [2.05, 4.69) is 33.9 Å². The highest BCUT2D eigenvalue weighted by Gasteiger charge is 2.35. The van der Waals surface area contributed by atoms with Crippen molar-refractivity contribution in [2.75, 3.05) is 32.2 Å². The van der Waals surface area contributed by atoms with E-state index in [1.807, 2.05) is 24.3 Å². The summed E-state index contributed by atoms with van der Waals surface area (Å²) in [4.78, 5) is 11.1. The molecule has 1 saturated heterocycles. The highest BCUT2D eigenvalue weighted by Crippen LogP contribution is 2.38. The summed E-state index contributed by atoms with van der Waals surface area (Å²) in [7, 11) is 3.24. The lowest BCUT2D eigenvalue weighted by Gasteiger charge is -2.39. The molecule has 3 aromatic rings. The van der Waals surface area contributed by atoms with Gasteiger partial charge in [0.25, 0.3) is 0 Å². The van der Waals surface area contributed by atoms with Gasteiger partial charge in [0.1, 0.15) is 23.6 Å². The monoisotopic (exact) mass is 379 g/mol. The van der Waals surface area contributed by atoms with Gasteiger partial charge in [0.2, 0.25) is 0 Å². The van der Waals surface area contributed by atoms with E-state index < -0.39 is 5.60 Å². The van der Waals surface area contributed by atoms with Gasteiger partial charge in [-0.1, -0.05) is 11.6 Å². The third-order valence-electron chi connectivity index (χ3n) is 5.55. The molecule has 0 aliphatic carbocycles. The Kier molecular flexibility index (Phi) is 4.81. The van der Waals surface area contributed by atoms with E-state index in [0.717, 1.165) is 22.3 Å². The van der Waals surface area contributed by atoms with Crippen molar-refractivity contribution in [1.29, 1.82) is 0 Å². The molecule has 146 valence electrons. The molecule has 1 aromatic heterocycles. The first-order valence-electron chi connectivity index (χ1n) is 9.45. The normalized spacial score (nSPS) is 16.2. The number of benzene rings is 2. The van der Waals surface area contributed by atoms with E-state index in [9.17, 15) is 5.11 Å². The number of aryl methyl sites for hydroxylation is 1. The number of hydrogen-bond acceptors (Lipinski definition) is 6. The molecule has 1 aliphatic rings. The first-order valence-corrected chi connectivity index (χ1v) is 9.45. The fourth-order valence-electron chi connectivity index (χ4n) is 3.86. The second-order valence-corrected chi connectivity index (χ2v) is 7.34. The Bertz CT molecular complexity index is 975. The summed E-state index contributed by atoms with van der Waals surface area (Å²) in [5, 5.41) is 12.4. The predicted octanol–water partition coefficient (Wildman–Crippen LogP) is 3.44. The molecule has 0 atom stereocenters. The van der Waals surface area contributed by atoms with Crippen LogP contribution in [-0.2, 0) is 5.60 Å². The van der Waals surface area contributed by atoms with Gasteiger partial charge in [0.05, 0.1) is 25.3 Å². The quantitative estimate of drug-likeness (QED) is 0.749. The zero-order chi connectivity index (χ0) is 19.7. The van der Waals surface area contributed by atoms with E-state index in [0.29, 0.717) is 37.4 Å². The Morgan fingerprint density at radius 3 is 2.29 bits per heavy atom. The van der Waals surface area contributed by atoms with Gasteiger partial charge in [-0.05, 0) is 49.6 Å². The Morgan fingerprint density at radius 2 is 1.64 bits per heavy atom. The first-order chi connectivity index (χ1) is 13.5. The molecule has 0 spiro atoms.